The number of carbonyl (C=O) groups excluding carboxylic acids is 2. The van der Waals surface area contributed by atoms with Crippen LogP contribution in [0.5, 0.6) is 0 Å². The van der Waals surface area contributed by atoms with Gasteiger partial charge in [0.25, 0.3) is 11.6 Å². The predicted molar refractivity (Wildman–Crippen MR) is 95.0 cm³/mol. The second-order valence-electron chi connectivity index (χ2n) is 6.93. The Morgan fingerprint density at radius 3 is 2.69 bits per heavy atom. The van der Waals surface area contributed by atoms with Crippen molar-refractivity contribution >= 4 is 29.2 Å². The zero-order valence-corrected chi connectivity index (χ0v) is 15.1. The summed E-state index contributed by atoms with van der Waals surface area (Å²) in [7, 11) is 0. The van der Waals surface area contributed by atoms with Crippen LogP contribution < -0.4 is 0 Å². The average Bonchev–Trinajstić information content (AvgIpc) is 2.65. The summed E-state index contributed by atoms with van der Waals surface area (Å²) in [5, 5.41) is 10.9. The summed E-state index contributed by atoms with van der Waals surface area (Å²) in [6, 6.07) is 3.53. The van der Waals surface area contributed by atoms with Crippen molar-refractivity contribution in [2.24, 2.45) is 11.8 Å². The standard InChI is InChI=1S/C18H21ClN2O5/c19-16-6-5-14(21(24)25)9-15(16)18(23)26-11-17(22)20-8-7-12-3-1-2-4-13(12)10-20/h5-6,9,12-13H,1-4,7-8,10-11H2/t12-,13-/m0/s1. The molecule has 3 rings (SSSR count). The molecule has 2 atom stereocenters. The highest BCUT2D eigenvalue weighted by Crippen LogP contribution is 2.36. The topological polar surface area (TPSA) is 89.8 Å². The number of piperidine rings is 1. The van der Waals surface area contributed by atoms with E-state index in [1.807, 2.05) is 0 Å². The van der Waals surface area contributed by atoms with E-state index in [0.29, 0.717) is 18.4 Å². The van der Waals surface area contributed by atoms with Gasteiger partial charge in [-0.3, -0.25) is 14.9 Å². The zero-order chi connectivity index (χ0) is 18.7. The Balaban J connectivity index is 1.57. The summed E-state index contributed by atoms with van der Waals surface area (Å²) in [5.74, 6) is 0.186. The Bertz CT molecular complexity index is 724. The number of likely N-dealkylation sites (tertiary alicyclic amines) is 1. The number of halogens is 1. The normalized spacial score (nSPS) is 22.4. The van der Waals surface area contributed by atoms with Crippen LogP contribution in [0.25, 0.3) is 0 Å². The third kappa shape index (κ3) is 4.15. The maximum atomic E-state index is 12.4. The number of nitro groups is 1. The lowest BCUT2D eigenvalue weighted by Gasteiger charge is -2.41. The monoisotopic (exact) mass is 380 g/mol. The summed E-state index contributed by atoms with van der Waals surface area (Å²) in [4.78, 5) is 36.5. The molecule has 7 nitrogen and oxygen atoms in total. The van der Waals surface area contributed by atoms with Crippen LogP contribution in [0, 0.1) is 22.0 Å². The predicted octanol–water partition coefficient (Wildman–Crippen LogP) is 3.44. The number of ether oxygens (including phenoxy) is 1. The van der Waals surface area contributed by atoms with Gasteiger partial charge in [-0.15, -0.1) is 0 Å². The number of hydrogen-bond acceptors (Lipinski definition) is 5. The molecule has 0 unspecified atom stereocenters. The van der Waals surface area contributed by atoms with Gasteiger partial charge in [0.15, 0.2) is 6.61 Å². The Hall–Kier alpha value is -2.15. The number of nitro benzene ring substituents is 1. The largest absolute Gasteiger partial charge is 0.452 e. The van der Waals surface area contributed by atoms with E-state index in [4.69, 9.17) is 16.3 Å². The third-order valence-electron chi connectivity index (χ3n) is 5.35. The molecular formula is C18H21ClN2O5. The first-order valence-electron chi connectivity index (χ1n) is 8.84. The van der Waals surface area contributed by atoms with Gasteiger partial charge in [-0.05, 0) is 30.7 Å². The summed E-state index contributed by atoms with van der Waals surface area (Å²) >= 11 is 5.92. The van der Waals surface area contributed by atoms with Crippen molar-refractivity contribution in [2.75, 3.05) is 19.7 Å². The number of rotatable bonds is 4. The molecule has 26 heavy (non-hydrogen) atoms. The minimum Gasteiger partial charge on any atom is -0.452 e. The SMILES string of the molecule is O=C(OCC(=O)N1CC[C@@H]2CCCC[C@H]2C1)c1cc([N+](=O)[O-])ccc1Cl. The van der Waals surface area contributed by atoms with Crippen molar-refractivity contribution in [2.45, 2.75) is 32.1 Å². The smallest absolute Gasteiger partial charge is 0.340 e. The van der Waals surface area contributed by atoms with Gasteiger partial charge in [-0.2, -0.15) is 0 Å². The van der Waals surface area contributed by atoms with Crippen molar-refractivity contribution in [1.29, 1.82) is 0 Å². The maximum absolute atomic E-state index is 12.4. The van der Waals surface area contributed by atoms with Gasteiger partial charge in [0.1, 0.15) is 0 Å². The van der Waals surface area contributed by atoms with Gasteiger partial charge in [0, 0.05) is 25.2 Å². The van der Waals surface area contributed by atoms with Crippen molar-refractivity contribution in [1.82, 2.24) is 4.90 Å². The molecular weight excluding hydrogens is 360 g/mol. The van der Waals surface area contributed by atoms with Gasteiger partial charge in [-0.25, -0.2) is 4.79 Å². The lowest BCUT2D eigenvalue weighted by Crippen LogP contribution is -2.46. The minimum atomic E-state index is -0.834. The Morgan fingerprint density at radius 1 is 1.23 bits per heavy atom. The van der Waals surface area contributed by atoms with E-state index in [2.05, 4.69) is 0 Å². The van der Waals surface area contributed by atoms with Crippen LogP contribution in [-0.4, -0.2) is 41.4 Å². The molecule has 0 N–H and O–H groups in total. The molecule has 0 aromatic heterocycles. The van der Waals surface area contributed by atoms with E-state index in [-0.39, 0.29) is 28.8 Å². The molecule has 0 spiro atoms. The van der Waals surface area contributed by atoms with Crippen molar-refractivity contribution in [3.63, 3.8) is 0 Å². The van der Waals surface area contributed by atoms with E-state index >= 15 is 0 Å². The van der Waals surface area contributed by atoms with Crippen molar-refractivity contribution in [3.8, 4) is 0 Å². The number of amides is 1. The van der Waals surface area contributed by atoms with Gasteiger partial charge in [-0.1, -0.05) is 30.9 Å². The minimum absolute atomic E-state index is 0.0519. The van der Waals surface area contributed by atoms with Gasteiger partial charge >= 0.3 is 5.97 Å². The molecule has 1 aromatic rings. The second-order valence-corrected chi connectivity index (χ2v) is 7.34. The Morgan fingerprint density at radius 2 is 1.96 bits per heavy atom. The fraction of sp³-hybridized carbons (Fsp3) is 0.556. The highest BCUT2D eigenvalue weighted by atomic mass is 35.5. The van der Waals surface area contributed by atoms with Crippen LogP contribution in [0.2, 0.25) is 5.02 Å². The second kappa shape index (κ2) is 8.03. The summed E-state index contributed by atoms with van der Waals surface area (Å²) in [6.45, 7) is 1.03. The number of esters is 1. The fourth-order valence-electron chi connectivity index (χ4n) is 3.91. The quantitative estimate of drug-likeness (QED) is 0.453. The lowest BCUT2D eigenvalue weighted by molar-refractivity contribution is -0.384. The van der Waals surface area contributed by atoms with Gasteiger partial charge in [0.2, 0.25) is 0 Å². The van der Waals surface area contributed by atoms with E-state index in [0.717, 1.165) is 25.5 Å². The van der Waals surface area contributed by atoms with Crippen LogP contribution in [0.4, 0.5) is 5.69 Å². The van der Waals surface area contributed by atoms with Crippen LogP contribution in [-0.2, 0) is 9.53 Å². The van der Waals surface area contributed by atoms with Crippen molar-refractivity contribution in [3.05, 3.63) is 38.9 Å². The molecule has 2 fully saturated rings. The third-order valence-corrected chi connectivity index (χ3v) is 5.68. The van der Waals surface area contributed by atoms with E-state index in [1.54, 1.807) is 4.90 Å². The number of non-ortho nitro benzene ring substituents is 1. The van der Waals surface area contributed by atoms with E-state index in [9.17, 15) is 19.7 Å². The number of benzene rings is 1. The molecule has 1 saturated carbocycles. The number of nitrogens with zero attached hydrogens (tertiary/aromatic N) is 2. The zero-order valence-electron chi connectivity index (χ0n) is 14.4. The highest BCUT2D eigenvalue weighted by molar-refractivity contribution is 6.33. The Labute approximate surface area is 156 Å². The van der Waals surface area contributed by atoms with E-state index in [1.165, 1.54) is 31.4 Å². The summed E-state index contributed by atoms with van der Waals surface area (Å²) < 4.78 is 5.06. The Kier molecular flexibility index (Phi) is 5.76. The molecule has 1 aliphatic carbocycles. The first-order valence-corrected chi connectivity index (χ1v) is 9.22. The number of fused-ring (bicyclic) bond motifs is 1. The molecule has 8 heteroatoms. The molecule has 1 aliphatic heterocycles. The van der Waals surface area contributed by atoms with Gasteiger partial charge < -0.3 is 9.64 Å². The number of hydrogen-bond donors (Lipinski definition) is 0. The highest BCUT2D eigenvalue weighted by Gasteiger charge is 2.33. The molecule has 140 valence electrons. The van der Waals surface area contributed by atoms with Crippen LogP contribution >= 0.6 is 11.6 Å². The van der Waals surface area contributed by atoms with Crippen LogP contribution in [0.3, 0.4) is 0 Å². The first-order chi connectivity index (χ1) is 12.5. The molecule has 0 radical (unpaired) electrons. The fourth-order valence-corrected chi connectivity index (χ4v) is 4.10. The average molecular weight is 381 g/mol. The lowest BCUT2D eigenvalue weighted by atomic mass is 9.75. The van der Waals surface area contributed by atoms with Gasteiger partial charge in [0.05, 0.1) is 15.5 Å². The molecule has 1 saturated heterocycles. The first kappa shape index (κ1) is 18.6. The number of carbonyl (C=O) groups is 2. The maximum Gasteiger partial charge on any atom is 0.340 e. The molecule has 1 amide bonds. The molecule has 2 aliphatic rings. The molecule has 1 aromatic carbocycles. The summed E-state index contributed by atoms with van der Waals surface area (Å²) in [5.41, 5.74) is -0.369. The van der Waals surface area contributed by atoms with E-state index < -0.39 is 10.9 Å². The molecule has 0 bridgehead atoms. The van der Waals surface area contributed by atoms with Crippen molar-refractivity contribution < 1.29 is 19.2 Å². The van der Waals surface area contributed by atoms with Crippen LogP contribution in [0.15, 0.2) is 18.2 Å². The summed E-state index contributed by atoms with van der Waals surface area (Å²) in [6.07, 6.45) is 5.88. The van der Waals surface area contributed by atoms with Crippen LogP contribution in [0.1, 0.15) is 42.5 Å². The molecule has 1 heterocycles.